The molecule has 1 aromatic heterocycles. The summed E-state index contributed by atoms with van der Waals surface area (Å²) < 4.78 is 15.7. The molecule has 0 fully saturated rings. The molecule has 0 unspecified atom stereocenters. The van der Waals surface area contributed by atoms with Crippen LogP contribution in [0.15, 0.2) is 55.1 Å². The van der Waals surface area contributed by atoms with Crippen LogP contribution in [0.2, 0.25) is 0 Å². The minimum absolute atomic E-state index is 0.0852. The molecule has 1 atom stereocenters. The maximum Gasteiger partial charge on any atom is 0.326 e. The van der Waals surface area contributed by atoms with Crippen LogP contribution >= 0.6 is 0 Å². The van der Waals surface area contributed by atoms with E-state index in [1.165, 1.54) is 34.4 Å². The van der Waals surface area contributed by atoms with Gasteiger partial charge in [0.05, 0.1) is 0 Å². The van der Waals surface area contributed by atoms with Gasteiger partial charge < -0.3 is 10.0 Å². The maximum absolute atomic E-state index is 14.5. The van der Waals surface area contributed by atoms with Crippen LogP contribution in [0.25, 0.3) is 5.69 Å². The van der Waals surface area contributed by atoms with Gasteiger partial charge in [-0.1, -0.05) is 24.3 Å². The quantitative estimate of drug-likeness (QED) is 0.767. The smallest absolute Gasteiger partial charge is 0.326 e. The lowest BCUT2D eigenvalue weighted by molar-refractivity contribution is -0.142. The van der Waals surface area contributed by atoms with Crippen LogP contribution in [0.4, 0.5) is 4.39 Å². The van der Waals surface area contributed by atoms with Crippen molar-refractivity contribution < 1.29 is 19.1 Å². The number of nitrogens with zero attached hydrogens (tertiary/aromatic N) is 4. The fourth-order valence-electron chi connectivity index (χ4n) is 3.28. The molecule has 0 radical (unpaired) electrons. The van der Waals surface area contributed by atoms with E-state index in [1.807, 2.05) is 24.3 Å². The minimum atomic E-state index is -1.09. The molecule has 0 saturated carbocycles. The molecule has 0 bridgehead atoms. The normalized spacial score (nSPS) is 16.0. The van der Waals surface area contributed by atoms with E-state index >= 15 is 0 Å². The van der Waals surface area contributed by atoms with Gasteiger partial charge in [-0.2, -0.15) is 5.10 Å². The average Bonchev–Trinajstić information content (AvgIpc) is 3.20. The second-order valence-electron chi connectivity index (χ2n) is 6.27. The molecular weight excluding hydrogens is 351 g/mol. The van der Waals surface area contributed by atoms with Gasteiger partial charge in [-0.3, -0.25) is 4.79 Å². The Morgan fingerprint density at radius 3 is 2.59 bits per heavy atom. The highest BCUT2D eigenvalue weighted by Gasteiger charge is 2.35. The summed E-state index contributed by atoms with van der Waals surface area (Å²) in [6, 6.07) is 10.4. The van der Waals surface area contributed by atoms with Crippen molar-refractivity contribution in [3.63, 3.8) is 0 Å². The molecule has 1 N–H and O–H groups in total. The first-order valence-corrected chi connectivity index (χ1v) is 8.29. The lowest BCUT2D eigenvalue weighted by Crippen LogP contribution is -2.48. The number of benzene rings is 2. The molecular formula is C19H15FN4O3. The topological polar surface area (TPSA) is 88.3 Å². The van der Waals surface area contributed by atoms with Gasteiger partial charge >= 0.3 is 5.97 Å². The second-order valence-corrected chi connectivity index (χ2v) is 6.27. The Morgan fingerprint density at radius 2 is 1.93 bits per heavy atom. The highest BCUT2D eigenvalue weighted by Crippen LogP contribution is 2.26. The summed E-state index contributed by atoms with van der Waals surface area (Å²) >= 11 is 0. The largest absolute Gasteiger partial charge is 0.480 e. The predicted octanol–water partition coefficient (Wildman–Crippen LogP) is 2.06. The lowest BCUT2D eigenvalue weighted by Gasteiger charge is -2.34. The fourth-order valence-corrected chi connectivity index (χ4v) is 3.28. The Hall–Kier alpha value is -3.55. The van der Waals surface area contributed by atoms with Gasteiger partial charge in [-0.05, 0) is 29.3 Å². The van der Waals surface area contributed by atoms with Gasteiger partial charge in [0, 0.05) is 18.5 Å². The highest BCUT2D eigenvalue weighted by atomic mass is 19.1. The molecule has 7 nitrogen and oxygen atoms in total. The highest BCUT2D eigenvalue weighted by molar-refractivity contribution is 5.97. The van der Waals surface area contributed by atoms with Crippen molar-refractivity contribution in [2.45, 2.75) is 19.0 Å². The number of aliphatic carboxylic acids is 1. The Kier molecular flexibility index (Phi) is 4.15. The monoisotopic (exact) mass is 366 g/mol. The number of halogens is 1. The lowest BCUT2D eigenvalue weighted by atomic mass is 9.93. The molecule has 8 heteroatoms. The van der Waals surface area contributed by atoms with Crippen molar-refractivity contribution in [3.05, 3.63) is 77.6 Å². The van der Waals surface area contributed by atoms with Crippen LogP contribution in [0.5, 0.6) is 0 Å². The number of amides is 1. The minimum Gasteiger partial charge on any atom is -0.480 e. The molecule has 1 aliphatic rings. The van der Waals surface area contributed by atoms with Crippen LogP contribution in [-0.4, -0.2) is 42.7 Å². The number of carbonyl (C=O) groups excluding carboxylic acids is 1. The van der Waals surface area contributed by atoms with Crippen LogP contribution in [0.1, 0.15) is 21.5 Å². The number of hydrogen-bond acceptors (Lipinski definition) is 4. The van der Waals surface area contributed by atoms with E-state index in [1.54, 1.807) is 0 Å². The van der Waals surface area contributed by atoms with Gasteiger partial charge in [0.1, 0.15) is 30.2 Å². The zero-order valence-electron chi connectivity index (χ0n) is 14.1. The standard InChI is InChI=1S/C19H15FN4O3/c20-15-7-13(5-6-16(15)24-11-21-10-22-24)18(25)23-9-14-4-2-1-3-12(14)8-17(23)19(26)27/h1-7,10-11,17H,8-9H2,(H,26,27)/t17-/m1/s1. The number of aromatic nitrogens is 3. The number of carboxylic acids is 1. The van der Waals surface area contributed by atoms with E-state index in [0.717, 1.165) is 17.2 Å². The third-order valence-electron chi connectivity index (χ3n) is 4.65. The zero-order chi connectivity index (χ0) is 19.0. The SMILES string of the molecule is O=C(O)[C@H]1Cc2ccccc2CN1C(=O)c1ccc(-n2cncn2)c(F)c1. The van der Waals surface area contributed by atoms with Gasteiger partial charge in [0.25, 0.3) is 5.91 Å². The van der Waals surface area contributed by atoms with Crippen LogP contribution in [-0.2, 0) is 17.8 Å². The van der Waals surface area contributed by atoms with E-state index in [4.69, 9.17) is 0 Å². The van der Waals surface area contributed by atoms with Crippen LogP contribution < -0.4 is 0 Å². The molecule has 1 amide bonds. The number of hydrogen-bond donors (Lipinski definition) is 1. The number of rotatable bonds is 3. The van der Waals surface area contributed by atoms with Gasteiger partial charge in [-0.15, -0.1) is 0 Å². The third-order valence-corrected chi connectivity index (χ3v) is 4.65. The third kappa shape index (κ3) is 3.05. The Morgan fingerprint density at radius 1 is 1.15 bits per heavy atom. The molecule has 0 spiro atoms. The Balaban J connectivity index is 1.67. The molecule has 136 valence electrons. The Bertz CT molecular complexity index is 1020. The fraction of sp³-hybridized carbons (Fsp3) is 0.158. The van der Waals surface area contributed by atoms with Crippen molar-refractivity contribution in [1.82, 2.24) is 19.7 Å². The zero-order valence-corrected chi connectivity index (χ0v) is 14.1. The van der Waals surface area contributed by atoms with Crippen molar-refractivity contribution in [3.8, 4) is 5.69 Å². The molecule has 27 heavy (non-hydrogen) atoms. The molecule has 0 aliphatic carbocycles. The van der Waals surface area contributed by atoms with E-state index in [9.17, 15) is 19.1 Å². The van der Waals surface area contributed by atoms with Crippen molar-refractivity contribution >= 4 is 11.9 Å². The Labute approximate surface area is 153 Å². The van der Waals surface area contributed by atoms with E-state index < -0.39 is 23.7 Å². The number of fused-ring (bicyclic) bond motifs is 1. The van der Waals surface area contributed by atoms with Crippen LogP contribution in [0.3, 0.4) is 0 Å². The maximum atomic E-state index is 14.5. The summed E-state index contributed by atoms with van der Waals surface area (Å²) in [6.45, 7) is 0.165. The summed E-state index contributed by atoms with van der Waals surface area (Å²) in [4.78, 5) is 29.7. The summed E-state index contributed by atoms with van der Waals surface area (Å²) in [7, 11) is 0. The predicted molar refractivity (Wildman–Crippen MR) is 92.8 cm³/mol. The van der Waals surface area contributed by atoms with Crippen molar-refractivity contribution in [2.75, 3.05) is 0 Å². The first kappa shape index (κ1) is 16.9. The first-order valence-electron chi connectivity index (χ1n) is 8.29. The number of carbonyl (C=O) groups is 2. The average molecular weight is 366 g/mol. The molecule has 0 saturated heterocycles. The summed E-state index contributed by atoms with van der Waals surface area (Å²) in [5.41, 5.74) is 2.04. The van der Waals surface area contributed by atoms with Gasteiger partial charge in [0.2, 0.25) is 0 Å². The second kappa shape index (κ2) is 6.64. The molecule has 3 aromatic rings. The molecule has 1 aliphatic heterocycles. The van der Waals surface area contributed by atoms with E-state index in [-0.39, 0.29) is 24.2 Å². The van der Waals surface area contributed by atoms with Crippen LogP contribution in [0, 0.1) is 5.82 Å². The molecule has 2 aromatic carbocycles. The van der Waals surface area contributed by atoms with Gasteiger partial charge in [0.15, 0.2) is 0 Å². The van der Waals surface area contributed by atoms with Crippen molar-refractivity contribution in [2.24, 2.45) is 0 Å². The molecule has 2 heterocycles. The molecule has 4 rings (SSSR count). The summed E-state index contributed by atoms with van der Waals surface area (Å²) in [5.74, 6) is -2.26. The van der Waals surface area contributed by atoms with E-state index in [2.05, 4.69) is 10.1 Å². The number of carboxylic acid groups (broad SMARTS) is 1. The summed E-state index contributed by atoms with van der Waals surface area (Å²) in [5, 5.41) is 13.4. The first-order chi connectivity index (χ1) is 13.0. The van der Waals surface area contributed by atoms with Crippen molar-refractivity contribution in [1.29, 1.82) is 0 Å². The van der Waals surface area contributed by atoms with Gasteiger partial charge in [-0.25, -0.2) is 18.9 Å². The van der Waals surface area contributed by atoms with E-state index in [0.29, 0.717) is 0 Å². The summed E-state index contributed by atoms with van der Waals surface area (Å²) in [6.07, 6.45) is 2.85.